The number of hydrogen-bond donors (Lipinski definition) is 2. The van der Waals surface area contributed by atoms with E-state index in [1.807, 2.05) is 30.3 Å². The van der Waals surface area contributed by atoms with Gasteiger partial charge < -0.3 is 10.1 Å². The number of hydrogen-bond acceptors (Lipinski definition) is 8. The molecule has 0 spiro atoms. The monoisotopic (exact) mass is 450 g/mol. The van der Waals surface area contributed by atoms with Crippen LogP contribution in [0.25, 0.3) is 0 Å². The Bertz CT molecular complexity index is 1100. The van der Waals surface area contributed by atoms with Crippen molar-refractivity contribution in [2.75, 3.05) is 17.1 Å². The molecule has 0 aliphatic rings. The van der Waals surface area contributed by atoms with Gasteiger partial charge in [0, 0.05) is 12.7 Å². The molecule has 0 aliphatic heterocycles. The van der Waals surface area contributed by atoms with Gasteiger partial charge in [0.05, 0.1) is 17.7 Å². The van der Waals surface area contributed by atoms with Crippen molar-refractivity contribution in [2.45, 2.75) is 21.9 Å². The molecular weight excluding hydrogens is 432 g/mol. The van der Waals surface area contributed by atoms with Gasteiger partial charge in [-0.1, -0.05) is 53.4 Å². The van der Waals surface area contributed by atoms with Crippen molar-refractivity contribution >= 4 is 49.8 Å². The largest absolute Gasteiger partial charge is 0.495 e. The lowest BCUT2D eigenvalue weighted by atomic mass is 10.2. The minimum Gasteiger partial charge on any atom is -0.495 e. The Morgan fingerprint density at radius 1 is 1.17 bits per heavy atom. The van der Waals surface area contributed by atoms with E-state index in [1.165, 1.54) is 44.0 Å². The van der Waals surface area contributed by atoms with Crippen LogP contribution in [0.1, 0.15) is 12.5 Å². The van der Waals surface area contributed by atoms with Crippen molar-refractivity contribution in [3.8, 4) is 5.75 Å². The number of sulfonamides is 1. The Kier molecular flexibility index (Phi) is 6.72. The second kappa shape index (κ2) is 9.25. The van der Waals surface area contributed by atoms with Gasteiger partial charge in [-0.2, -0.15) is 0 Å². The van der Waals surface area contributed by atoms with Gasteiger partial charge in [-0.3, -0.25) is 9.52 Å². The lowest BCUT2D eigenvalue weighted by molar-refractivity contribution is -0.114. The molecule has 3 aromatic rings. The standard InChI is InChI=1S/C18H18N4O4S3/c1-12(23)19-15-10-14(8-9-16(15)26-2)29(24,25)22-17-20-21-18(28-17)27-11-13-6-4-3-5-7-13/h3-10H,11H2,1-2H3,(H,19,23)(H,20,22). The molecule has 0 unspecified atom stereocenters. The van der Waals surface area contributed by atoms with Crippen molar-refractivity contribution in [1.82, 2.24) is 10.2 Å². The van der Waals surface area contributed by atoms with Gasteiger partial charge >= 0.3 is 0 Å². The maximum absolute atomic E-state index is 12.7. The molecular formula is C18H18N4O4S3. The van der Waals surface area contributed by atoms with Crippen LogP contribution in [0.2, 0.25) is 0 Å². The number of ether oxygens (including phenoxy) is 1. The highest BCUT2D eigenvalue weighted by Gasteiger charge is 2.19. The van der Waals surface area contributed by atoms with Crippen LogP contribution < -0.4 is 14.8 Å². The highest BCUT2D eigenvalue weighted by molar-refractivity contribution is 8.00. The smallest absolute Gasteiger partial charge is 0.263 e. The zero-order chi connectivity index (χ0) is 20.9. The Labute approximate surface area is 176 Å². The molecule has 0 saturated carbocycles. The molecule has 29 heavy (non-hydrogen) atoms. The highest BCUT2D eigenvalue weighted by Crippen LogP contribution is 2.31. The summed E-state index contributed by atoms with van der Waals surface area (Å²) in [4.78, 5) is 11.3. The minimum atomic E-state index is -3.91. The first-order valence-electron chi connectivity index (χ1n) is 8.36. The molecule has 0 aliphatic carbocycles. The lowest BCUT2D eigenvalue weighted by Crippen LogP contribution is -2.14. The Hall–Kier alpha value is -2.63. The number of carbonyl (C=O) groups excluding carboxylic acids is 1. The summed E-state index contributed by atoms with van der Waals surface area (Å²) < 4.78 is 33.6. The third-order valence-electron chi connectivity index (χ3n) is 3.63. The van der Waals surface area contributed by atoms with E-state index in [1.54, 1.807) is 0 Å². The van der Waals surface area contributed by atoms with Crippen molar-refractivity contribution < 1.29 is 17.9 Å². The van der Waals surface area contributed by atoms with Crippen LogP contribution in [-0.2, 0) is 20.6 Å². The maximum Gasteiger partial charge on any atom is 0.263 e. The van der Waals surface area contributed by atoms with Gasteiger partial charge in [0.2, 0.25) is 11.0 Å². The van der Waals surface area contributed by atoms with Gasteiger partial charge in [-0.25, -0.2) is 8.42 Å². The second-order valence-electron chi connectivity index (χ2n) is 5.80. The number of carbonyl (C=O) groups is 1. The molecule has 1 amide bonds. The normalized spacial score (nSPS) is 11.1. The second-order valence-corrected chi connectivity index (χ2v) is 9.68. The molecule has 152 valence electrons. The van der Waals surface area contributed by atoms with Gasteiger partial charge in [0.15, 0.2) is 4.34 Å². The van der Waals surface area contributed by atoms with E-state index in [0.29, 0.717) is 15.8 Å². The number of aromatic nitrogens is 2. The number of benzene rings is 2. The van der Waals surface area contributed by atoms with E-state index in [2.05, 4.69) is 20.2 Å². The first-order valence-corrected chi connectivity index (χ1v) is 11.6. The summed E-state index contributed by atoms with van der Waals surface area (Å²) in [5.74, 6) is 0.727. The molecule has 1 heterocycles. The molecule has 0 atom stereocenters. The van der Waals surface area contributed by atoms with Crippen LogP contribution >= 0.6 is 23.1 Å². The molecule has 0 bridgehead atoms. The molecule has 0 radical (unpaired) electrons. The van der Waals surface area contributed by atoms with Crippen molar-refractivity contribution in [2.24, 2.45) is 0 Å². The zero-order valence-corrected chi connectivity index (χ0v) is 18.0. The molecule has 1 aromatic heterocycles. The van der Waals surface area contributed by atoms with Gasteiger partial charge in [-0.15, -0.1) is 10.2 Å². The molecule has 8 nitrogen and oxygen atoms in total. The average molecular weight is 451 g/mol. The molecule has 2 aromatic carbocycles. The number of methoxy groups -OCH3 is 1. The van der Waals surface area contributed by atoms with E-state index < -0.39 is 10.0 Å². The summed E-state index contributed by atoms with van der Waals surface area (Å²) in [6, 6.07) is 14.1. The predicted molar refractivity (Wildman–Crippen MR) is 114 cm³/mol. The Morgan fingerprint density at radius 2 is 1.93 bits per heavy atom. The molecule has 3 rings (SSSR count). The van der Waals surface area contributed by atoms with Crippen LogP contribution in [0, 0.1) is 0 Å². The quantitative estimate of drug-likeness (QED) is 0.505. The fraction of sp³-hybridized carbons (Fsp3) is 0.167. The fourth-order valence-electron chi connectivity index (χ4n) is 2.34. The van der Waals surface area contributed by atoms with E-state index in [0.717, 1.165) is 16.9 Å². The topological polar surface area (TPSA) is 110 Å². The SMILES string of the molecule is COc1ccc(S(=O)(=O)Nc2nnc(SCc3ccccc3)s2)cc1NC(C)=O. The lowest BCUT2D eigenvalue weighted by Gasteiger charge is -2.11. The summed E-state index contributed by atoms with van der Waals surface area (Å²) in [6.07, 6.45) is 0. The number of nitrogens with zero attached hydrogens (tertiary/aromatic N) is 2. The van der Waals surface area contributed by atoms with Crippen LogP contribution in [-0.4, -0.2) is 31.6 Å². The molecule has 0 saturated heterocycles. The molecule has 0 fully saturated rings. The average Bonchev–Trinajstić information content (AvgIpc) is 3.13. The van der Waals surface area contributed by atoms with Crippen LogP contribution in [0.15, 0.2) is 57.8 Å². The predicted octanol–water partition coefficient (Wildman–Crippen LogP) is 3.60. The summed E-state index contributed by atoms with van der Waals surface area (Å²) >= 11 is 2.63. The first-order chi connectivity index (χ1) is 13.9. The Morgan fingerprint density at radius 3 is 2.62 bits per heavy atom. The summed E-state index contributed by atoms with van der Waals surface area (Å²) in [5.41, 5.74) is 1.40. The van der Waals surface area contributed by atoms with Crippen molar-refractivity contribution in [3.05, 3.63) is 54.1 Å². The van der Waals surface area contributed by atoms with E-state index in [9.17, 15) is 13.2 Å². The van der Waals surface area contributed by atoms with Gasteiger partial charge in [-0.05, 0) is 23.8 Å². The first kappa shape index (κ1) is 21.1. The number of amides is 1. The third-order valence-corrected chi connectivity index (χ3v) is 7.13. The number of nitrogens with one attached hydrogen (secondary N) is 2. The van der Waals surface area contributed by atoms with E-state index >= 15 is 0 Å². The van der Waals surface area contributed by atoms with Crippen molar-refractivity contribution in [1.29, 1.82) is 0 Å². The minimum absolute atomic E-state index is 0.0317. The number of thioether (sulfide) groups is 1. The number of anilines is 2. The van der Waals surface area contributed by atoms with Crippen molar-refractivity contribution in [3.63, 3.8) is 0 Å². The zero-order valence-electron chi connectivity index (χ0n) is 15.6. The van der Waals surface area contributed by atoms with E-state index in [-0.39, 0.29) is 21.6 Å². The van der Waals surface area contributed by atoms with Crippen LogP contribution in [0.4, 0.5) is 10.8 Å². The van der Waals surface area contributed by atoms with Crippen LogP contribution in [0.3, 0.4) is 0 Å². The summed E-state index contributed by atoms with van der Waals surface area (Å²) in [5, 5.41) is 10.6. The molecule has 2 N–H and O–H groups in total. The van der Waals surface area contributed by atoms with Gasteiger partial charge in [0.25, 0.3) is 10.0 Å². The van der Waals surface area contributed by atoms with Crippen LogP contribution in [0.5, 0.6) is 5.75 Å². The number of rotatable bonds is 8. The maximum atomic E-state index is 12.7. The fourth-order valence-corrected chi connectivity index (χ4v) is 5.31. The molecule has 11 heteroatoms. The third kappa shape index (κ3) is 5.68. The summed E-state index contributed by atoms with van der Waals surface area (Å²) in [7, 11) is -2.48. The van der Waals surface area contributed by atoms with Gasteiger partial charge in [0.1, 0.15) is 5.75 Å². The van der Waals surface area contributed by atoms with E-state index in [4.69, 9.17) is 4.74 Å². The Balaban J connectivity index is 1.72. The summed E-state index contributed by atoms with van der Waals surface area (Å²) in [6.45, 7) is 1.33. The highest BCUT2D eigenvalue weighted by atomic mass is 32.2.